The van der Waals surface area contributed by atoms with Gasteiger partial charge in [0.2, 0.25) is 5.91 Å². The summed E-state index contributed by atoms with van der Waals surface area (Å²) in [4.78, 5) is 36.0. The molecular formula is C25H20N4O2S. The Balaban J connectivity index is 1.51. The molecule has 5 aromatic rings. The molecule has 0 unspecified atom stereocenters. The van der Waals surface area contributed by atoms with Gasteiger partial charge in [-0.2, -0.15) is 0 Å². The van der Waals surface area contributed by atoms with Gasteiger partial charge >= 0.3 is 0 Å². The minimum Gasteiger partial charge on any atom is -0.325 e. The average Bonchev–Trinajstić information content (AvgIpc) is 3.16. The van der Waals surface area contributed by atoms with Gasteiger partial charge in [-0.15, -0.1) is 11.3 Å². The van der Waals surface area contributed by atoms with E-state index in [4.69, 9.17) is 4.98 Å². The largest absolute Gasteiger partial charge is 0.325 e. The molecule has 1 amide bonds. The minimum atomic E-state index is -0.272. The molecule has 0 aliphatic heterocycles. The molecule has 0 radical (unpaired) electrons. The van der Waals surface area contributed by atoms with Crippen molar-refractivity contribution in [2.75, 3.05) is 5.32 Å². The Kier molecular flexibility index (Phi) is 5.03. The molecule has 3 aromatic heterocycles. The Bertz CT molecular complexity index is 1520. The highest BCUT2D eigenvalue weighted by Gasteiger charge is 2.17. The molecule has 0 saturated heterocycles. The molecule has 3 heterocycles. The van der Waals surface area contributed by atoms with Crippen molar-refractivity contribution in [1.82, 2.24) is 14.5 Å². The number of aromatic nitrogens is 3. The van der Waals surface area contributed by atoms with Gasteiger partial charge < -0.3 is 5.32 Å². The number of fused-ring (bicyclic) bond motifs is 3. The molecule has 0 fully saturated rings. The minimum absolute atomic E-state index is 0.0988. The first kappa shape index (κ1) is 20.1. The van der Waals surface area contributed by atoms with Gasteiger partial charge in [-0.3, -0.25) is 14.2 Å². The lowest BCUT2D eigenvalue weighted by Gasteiger charge is -2.10. The van der Waals surface area contributed by atoms with E-state index >= 15 is 0 Å². The Hall–Kier alpha value is -3.84. The number of amides is 1. The first-order valence-electron chi connectivity index (χ1n) is 10.2. The van der Waals surface area contributed by atoms with E-state index in [1.54, 1.807) is 6.92 Å². The molecule has 32 heavy (non-hydrogen) atoms. The molecule has 0 aliphatic rings. The van der Waals surface area contributed by atoms with Crippen LogP contribution in [0.3, 0.4) is 0 Å². The maximum absolute atomic E-state index is 13.2. The van der Waals surface area contributed by atoms with E-state index < -0.39 is 0 Å². The van der Waals surface area contributed by atoms with Crippen LogP contribution >= 0.6 is 11.3 Å². The van der Waals surface area contributed by atoms with Crippen LogP contribution in [-0.4, -0.2) is 20.4 Å². The number of anilines is 1. The van der Waals surface area contributed by atoms with E-state index in [1.165, 1.54) is 15.9 Å². The number of aryl methyl sites for hydroxylation is 2. The van der Waals surface area contributed by atoms with Gasteiger partial charge in [-0.05, 0) is 38.1 Å². The van der Waals surface area contributed by atoms with Crippen LogP contribution in [0.15, 0.2) is 71.5 Å². The van der Waals surface area contributed by atoms with Crippen molar-refractivity contribution in [3.8, 4) is 11.3 Å². The number of thiophene rings is 1. The Morgan fingerprint density at radius 2 is 1.72 bits per heavy atom. The molecule has 0 saturated carbocycles. The van der Waals surface area contributed by atoms with Crippen LogP contribution in [-0.2, 0) is 11.3 Å². The maximum atomic E-state index is 13.2. The fraction of sp³-hybridized carbons (Fsp3) is 0.120. The van der Waals surface area contributed by atoms with Gasteiger partial charge in [-0.25, -0.2) is 9.97 Å². The van der Waals surface area contributed by atoms with Crippen molar-refractivity contribution in [2.24, 2.45) is 0 Å². The number of nitrogens with zero attached hydrogens (tertiary/aromatic N) is 3. The third-order valence-electron chi connectivity index (χ3n) is 5.34. The van der Waals surface area contributed by atoms with Crippen molar-refractivity contribution in [3.05, 3.63) is 88.5 Å². The van der Waals surface area contributed by atoms with E-state index in [9.17, 15) is 9.59 Å². The smallest absolute Gasteiger partial charge is 0.272 e. The lowest BCUT2D eigenvalue weighted by Crippen LogP contribution is -2.29. The first-order valence-corrected chi connectivity index (χ1v) is 11.0. The van der Waals surface area contributed by atoms with Crippen LogP contribution in [0.2, 0.25) is 0 Å². The topological polar surface area (TPSA) is 76.9 Å². The summed E-state index contributed by atoms with van der Waals surface area (Å²) in [5, 5.41) is 3.69. The van der Waals surface area contributed by atoms with Crippen molar-refractivity contribution >= 4 is 43.4 Å². The standard InChI is InChI=1S/C25H20N4O2S/c1-15-8-10-18(11-9-15)27-21(30)14-29-16(2)26-22-19-12-13-20(17-6-4-3-5-7-17)28-24(19)32-23(22)25(29)31/h3-13H,14H2,1-2H3,(H,27,30). The number of carbonyl (C=O) groups is 1. The lowest BCUT2D eigenvalue weighted by molar-refractivity contribution is -0.116. The fourth-order valence-electron chi connectivity index (χ4n) is 3.65. The molecule has 158 valence electrons. The van der Waals surface area contributed by atoms with Crippen LogP contribution in [0.1, 0.15) is 11.4 Å². The molecule has 0 spiro atoms. The van der Waals surface area contributed by atoms with E-state index in [2.05, 4.69) is 10.3 Å². The molecule has 0 atom stereocenters. The van der Waals surface area contributed by atoms with E-state index in [-0.39, 0.29) is 18.0 Å². The van der Waals surface area contributed by atoms with Crippen LogP contribution < -0.4 is 10.9 Å². The zero-order chi connectivity index (χ0) is 22.2. The predicted octanol–water partition coefficient (Wildman–Crippen LogP) is 4.93. The summed E-state index contributed by atoms with van der Waals surface area (Å²) in [5.74, 6) is 0.221. The SMILES string of the molecule is Cc1ccc(NC(=O)Cn2c(C)nc3c(sc4nc(-c5ccccc5)ccc43)c2=O)cc1. The number of rotatable bonds is 4. The number of carbonyl (C=O) groups excluding carboxylic acids is 1. The second kappa shape index (κ2) is 8.01. The quantitative estimate of drug-likeness (QED) is 0.430. The number of benzene rings is 2. The Morgan fingerprint density at radius 3 is 2.47 bits per heavy atom. The van der Waals surface area contributed by atoms with Gasteiger partial charge in [0, 0.05) is 16.6 Å². The van der Waals surface area contributed by atoms with Gasteiger partial charge in [0.15, 0.2) is 0 Å². The molecule has 5 rings (SSSR count). The Morgan fingerprint density at radius 1 is 0.969 bits per heavy atom. The highest BCUT2D eigenvalue weighted by molar-refractivity contribution is 7.25. The normalized spacial score (nSPS) is 11.2. The fourth-order valence-corrected chi connectivity index (χ4v) is 4.71. The Labute approximate surface area is 188 Å². The van der Waals surface area contributed by atoms with E-state index in [0.29, 0.717) is 21.7 Å². The molecule has 7 heteroatoms. The van der Waals surface area contributed by atoms with Crippen molar-refractivity contribution in [2.45, 2.75) is 20.4 Å². The molecule has 1 N–H and O–H groups in total. The highest BCUT2D eigenvalue weighted by Crippen LogP contribution is 2.31. The van der Waals surface area contributed by atoms with Gasteiger partial charge in [0.25, 0.3) is 5.56 Å². The third kappa shape index (κ3) is 3.67. The van der Waals surface area contributed by atoms with Crippen LogP contribution in [0.25, 0.3) is 31.7 Å². The second-order valence-corrected chi connectivity index (χ2v) is 8.66. The molecular weight excluding hydrogens is 420 g/mol. The molecule has 6 nitrogen and oxygen atoms in total. The lowest BCUT2D eigenvalue weighted by atomic mass is 10.1. The summed E-state index contributed by atoms with van der Waals surface area (Å²) >= 11 is 1.31. The average molecular weight is 441 g/mol. The zero-order valence-corrected chi connectivity index (χ0v) is 18.4. The summed E-state index contributed by atoms with van der Waals surface area (Å²) in [6, 6.07) is 21.3. The third-order valence-corrected chi connectivity index (χ3v) is 6.42. The highest BCUT2D eigenvalue weighted by atomic mass is 32.1. The van der Waals surface area contributed by atoms with Gasteiger partial charge in [0.05, 0.1) is 11.2 Å². The number of hydrogen-bond donors (Lipinski definition) is 1. The molecule has 0 aliphatic carbocycles. The first-order chi connectivity index (χ1) is 15.5. The maximum Gasteiger partial charge on any atom is 0.272 e. The summed E-state index contributed by atoms with van der Waals surface area (Å²) in [6.07, 6.45) is 0. The predicted molar refractivity (Wildman–Crippen MR) is 129 cm³/mol. The second-order valence-electron chi connectivity index (χ2n) is 7.66. The van der Waals surface area contributed by atoms with Crippen molar-refractivity contribution < 1.29 is 4.79 Å². The van der Waals surface area contributed by atoms with Crippen molar-refractivity contribution in [1.29, 1.82) is 0 Å². The van der Waals surface area contributed by atoms with E-state index in [0.717, 1.165) is 27.0 Å². The summed E-state index contributed by atoms with van der Waals surface area (Å²) in [5.41, 5.74) is 4.07. The molecule has 0 bridgehead atoms. The number of hydrogen-bond acceptors (Lipinski definition) is 5. The van der Waals surface area contributed by atoms with Crippen molar-refractivity contribution in [3.63, 3.8) is 0 Å². The van der Waals surface area contributed by atoms with Crippen LogP contribution in [0.4, 0.5) is 5.69 Å². The number of pyridine rings is 1. The zero-order valence-electron chi connectivity index (χ0n) is 17.6. The summed E-state index contributed by atoms with van der Waals surface area (Å²) < 4.78 is 1.92. The van der Waals surface area contributed by atoms with Gasteiger partial charge in [-0.1, -0.05) is 48.0 Å². The summed E-state index contributed by atoms with van der Waals surface area (Å²) in [7, 11) is 0. The molecule has 2 aromatic carbocycles. The van der Waals surface area contributed by atoms with Crippen LogP contribution in [0.5, 0.6) is 0 Å². The van der Waals surface area contributed by atoms with Gasteiger partial charge in [0.1, 0.15) is 21.9 Å². The number of nitrogens with one attached hydrogen (secondary N) is 1. The van der Waals surface area contributed by atoms with Crippen LogP contribution in [0, 0.1) is 13.8 Å². The van der Waals surface area contributed by atoms with E-state index in [1.807, 2.05) is 73.7 Å². The summed E-state index contributed by atoms with van der Waals surface area (Å²) in [6.45, 7) is 3.63. The monoisotopic (exact) mass is 440 g/mol.